The fourth-order valence-electron chi connectivity index (χ4n) is 2.21. The summed E-state index contributed by atoms with van der Waals surface area (Å²) < 4.78 is 5.75. The van der Waals surface area contributed by atoms with Gasteiger partial charge in [-0.3, -0.25) is 4.79 Å². The van der Waals surface area contributed by atoms with Crippen LogP contribution in [0.3, 0.4) is 0 Å². The van der Waals surface area contributed by atoms with E-state index < -0.39 is 0 Å². The van der Waals surface area contributed by atoms with E-state index in [1.54, 1.807) is 0 Å². The first kappa shape index (κ1) is 20.0. The van der Waals surface area contributed by atoms with Gasteiger partial charge in [-0.25, -0.2) is 0 Å². The Kier molecular flexibility index (Phi) is 8.90. The van der Waals surface area contributed by atoms with E-state index in [1.165, 1.54) is 0 Å². The molecule has 2 aromatic carbocycles. The third-order valence-corrected chi connectivity index (χ3v) is 3.60. The van der Waals surface area contributed by atoms with Crippen LogP contribution in [-0.4, -0.2) is 19.5 Å². The third kappa shape index (κ3) is 6.60. The maximum absolute atomic E-state index is 11.9. The number of ether oxygens (including phenoxy) is 1. The van der Waals surface area contributed by atoms with Gasteiger partial charge in [0, 0.05) is 19.0 Å². The minimum atomic E-state index is -0.0338. The summed E-state index contributed by atoms with van der Waals surface area (Å²) in [5.74, 6) is 0.852. The predicted molar refractivity (Wildman–Crippen MR) is 99.4 cm³/mol. The third-order valence-electron chi connectivity index (χ3n) is 3.60. The zero-order valence-corrected chi connectivity index (χ0v) is 14.9. The number of carbonyl (C=O) groups excluding carboxylic acids is 1. The van der Waals surface area contributed by atoms with Crippen molar-refractivity contribution in [1.82, 2.24) is 10.6 Å². The number of amides is 1. The Hall–Kier alpha value is -2.04. The molecule has 2 N–H and O–H groups in total. The Labute approximate surface area is 150 Å². The monoisotopic (exact) mass is 348 g/mol. The summed E-state index contributed by atoms with van der Waals surface area (Å²) in [4.78, 5) is 11.9. The molecule has 0 aromatic heterocycles. The van der Waals surface area contributed by atoms with Crippen molar-refractivity contribution >= 4 is 18.3 Å². The van der Waals surface area contributed by atoms with Crippen molar-refractivity contribution in [1.29, 1.82) is 0 Å². The molecule has 24 heavy (non-hydrogen) atoms. The lowest BCUT2D eigenvalue weighted by molar-refractivity contribution is -0.124. The summed E-state index contributed by atoms with van der Waals surface area (Å²) in [5.41, 5.74) is 2.20. The molecule has 130 valence electrons. The van der Waals surface area contributed by atoms with Gasteiger partial charge < -0.3 is 15.4 Å². The summed E-state index contributed by atoms with van der Waals surface area (Å²) >= 11 is 0. The first-order chi connectivity index (χ1) is 11.2. The van der Waals surface area contributed by atoms with Gasteiger partial charge in [0.1, 0.15) is 12.4 Å². The zero-order valence-electron chi connectivity index (χ0n) is 14.1. The number of halogens is 1. The first-order valence-corrected chi connectivity index (χ1v) is 7.87. The molecule has 1 amide bonds. The summed E-state index contributed by atoms with van der Waals surface area (Å²) in [6.07, 6.45) is 0. The molecule has 0 saturated heterocycles. The highest BCUT2D eigenvalue weighted by atomic mass is 35.5. The van der Waals surface area contributed by atoms with Crippen molar-refractivity contribution in [2.24, 2.45) is 5.92 Å². The Morgan fingerprint density at radius 3 is 2.33 bits per heavy atom. The molecular weight excluding hydrogens is 324 g/mol. The number of hydrogen-bond acceptors (Lipinski definition) is 3. The Morgan fingerprint density at radius 2 is 1.71 bits per heavy atom. The number of carbonyl (C=O) groups is 1. The molecule has 2 rings (SSSR count). The predicted octanol–water partition coefficient (Wildman–Crippen LogP) is 3.16. The van der Waals surface area contributed by atoms with Crippen molar-refractivity contribution in [3.63, 3.8) is 0 Å². The molecule has 0 heterocycles. The Morgan fingerprint density at radius 1 is 1.04 bits per heavy atom. The van der Waals surface area contributed by atoms with E-state index in [4.69, 9.17) is 4.74 Å². The lowest BCUT2D eigenvalue weighted by Crippen LogP contribution is -2.33. The van der Waals surface area contributed by atoms with E-state index >= 15 is 0 Å². The molecule has 0 fully saturated rings. The molecule has 0 aliphatic carbocycles. The number of rotatable bonds is 8. The van der Waals surface area contributed by atoms with Crippen molar-refractivity contribution in [3.05, 3.63) is 65.7 Å². The van der Waals surface area contributed by atoms with Crippen LogP contribution in [0.25, 0.3) is 0 Å². The van der Waals surface area contributed by atoms with Gasteiger partial charge in [-0.05, 0) is 30.3 Å². The Bertz CT molecular complexity index is 603. The SMILES string of the molecule is CNCC(C)C(=O)NCc1ccc(OCc2ccccc2)cc1.Cl. The topological polar surface area (TPSA) is 50.4 Å². The van der Waals surface area contributed by atoms with Crippen molar-refractivity contribution in [3.8, 4) is 5.75 Å². The van der Waals surface area contributed by atoms with E-state index in [2.05, 4.69) is 10.6 Å². The number of nitrogens with one attached hydrogen (secondary N) is 2. The molecule has 0 spiro atoms. The second-order valence-electron chi connectivity index (χ2n) is 5.59. The molecular formula is C19H25ClN2O2. The van der Waals surface area contributed by atoms with Crippen molar-refractivity contribution in [2.45, 2.75) is 20.1 Å². The van der Waals surface area contributed by atoms with E-state index in [-0.39, 0.29) is 24.2 Å². The van der Waals surface area contributed by atoms with Gasteiger partial charge in [0.05, 0.1) is 0 Å². The molecule has 4 nitrogen and oxygen atoms in total. The van der Waals surface area contributed by atoms with Gasteiger partial charge in [0.25, 0.3) is 0 Å². The molecule has 2 aromatic rings. The average Bonchev–Trinajstić information content (AvgIpc) is 2.60. The minimum Gasteiger partial charge on any atom is -0.489 e. The molecule has 0 radical (unpaired) electrons. The highest BCUT2D eigenvalue weighted by molar-refractivity contribution is 5.85. The summed E-state index contributed by atoms with van der Waals surface area (Å²) in [5, 5.41) is 5.95. The normalized spacial score (nSPS) is 11.2. The van der Waals surface area contributed by atoms with Gasteiger partial charge in [-0.2, -0.15) is 0 Å². The lowest BCUT2D eigenvalue weighted by atomic mass is 10.1. The highest BCUT2D eigenvalue weighted by Crippen LogP contribution is 2.14. The van der Waals surface area contributed by atoms with Crippen LogP contribution in [0.5, 0.6) is 5.75 Å². The Balaban J connectivity index is 0.00000288. The first-order valence-electron chi connectivity index (χ1n) is 7.87. The van der Waals surface area contributed by atoms with Gasteiger partial charge in [0.2, 0.25) is 5.91 Å². The second-order valence-corrected chi connectivity index (χ2v) is 5.59. The maximum atomic E-state index is 11.9. The lowest BCUT2D eigenvalue weighted by Gasteiger charge is -2.12. The van der Waals surface area contributed by atoms with E-state index in [0.29, 0.717) is 19.7 Å². The smallest absolute Gasteiger partial charge is 0.224 e. The van der Waals surface area contributed by atoms with Crippen LogP contribution in [0.1, 0.15) is 18.1 Å². The standard InChI is InChI=1S/C19H24N2O2.ClH/c1-15(12-20-2)19(22)21-13-16-8-10-18(11-9-16)23-14-17-6-4-3-5-7-17;/h3-11,15,20H,12-14H2,1-2H3,(H,21,22);1H. The largest absolute Gasteiger partial charge is 0.489 e. The van der Waals surface area contributed by atoms with Crippen LogP contribution < -0.4 is 15.4 Å². The fourth-order valence-corrected chi connectivity index (χ4v) is 2.21. The highest BCUT2D eigenvalue weighted by Gasteiger charge is 2.10. The summed E-state index contributed by atoms with van der Waals surface area (Å²) in [6, 6.07) is 17.9. The fraction of sp³-hybridized carbons (Fsp3) is 0.316. The van der Waals surface area contributed by atoms with Crippen molar-refractivity contribution in [2.75, 3.05) is 13.6 Å². The van der Waals surface area contributed by atoms with Gasteiger partial charge in [-0.15, -0.1) is 12.4 Å². The van der Waals surface area contributed by atoms with E-state index in [1.807, 2.05) is 68.6 Å². The average molecular weight is 349 g/mol. The summed E-state index contributed by atoms with van der Waals surface area (Å²) in [7, 11) is 1.85. The van der Waals surface area contributed by atoms with Crippen LogP contribution >= 0.6 is 12.4 Å². The molecule has 1 unspecified atom stereocenters. The molecule has 0 bridgehead atoms. The molecule has 0 aliphatic heterocycles. The maximum Gasteiger partial charge on any atom is 0.224 e. The summed E-state index contributed by atoms with van der Waals surface area (Å²) in [6.45, 7) is 3.68. The van der Waals surface area contributed by atoms with Crippen LogP contribution in [0.2, 0.25) is 0 Å². The van der Waals surface area contributed by atoms with E-state index in [0.717, 1.165) is 16.9 Å². The molecule has 1 atom stereocenters. The van der Waals surface area contributed by atoms with Crippen molar-refractivity contribution < 1.29 is 9.53 Å². The number of benzene rings is 2. The van der Waals surface area contributed by atoms with E-state index in [9.17, 15) is 4.79 Å². The van der Waals surface area contributed by atoms with Crippen LogP contribution in [0.4, 0.5) is 0 Å². The van der Waals surface area contributed by atoms with Gasteiger partial charge >= 0.3 is 0 Å². The van der Waals surface area contributed by atoms with Crippen LogP contribution in [0.15, 0.2) is 54.6 Å². The van der Waals surface area contributed by atoms with Crippen LogP contribution in [0, 0.1) is 5.92 Å². The zero-order chi connectivity index (χ0) is 16.5. The molecule has 5 heteroatoms. The quantitative estimate of drug-likeness (QED) is 0.770. The minimum absolute atomic E-state index is 0. The van der Waals surface area contributed by atoms with Crippen LogP contribution in [-0.2, 0) is 17.9 Å². The second kappa shape index (κ2) is 10.7. The number of hydrogen-bond donors (Lipinski definition) is 2. The molecule has 0 saturated carbocycles. The molecule has 0 aliphatic rings. The van der Waals surface area contributed by atoms with Gasteiger partial charge in [0.15, 0.2) is 0 Å². The van der Waals surface area contributed by atoms with Gasteiger partial charge in [-0.1, -0.05) is 49.4 Å².